The number of aromatic nitrogens is 1. The van der Waals surface area contributed by atoms with E-state index in [1.165, 1.54) is 51.4 Å². The van der Waals surface area contributed by atoms with E-state index in [2.05, 4.69) is 20.9 Å². The average Bonchev–Trinajstić information content (AvgIpc) is 3.30. The van der Waals surface area contributed by atoms with Gasteiger partial charge in [-0.05, 0) is 80.1 Å². The first kappa shape index (κ1) is 20.5. The van der Waals surface area contributed by atoms with Gasteiger partial charge in [-0.15, -0.1) is 0 Å². The Morgan fingerprint density at radius 3 is 2.58 bits per heavy atom. The number of aromatic hydroxyl groups is 1. The van der Waals surface area contributed by atoms with Gasteiger partial charge >= 0.3 is 0 Å². The molecule has 0 unspecified atom stereocenters. The van der Waals surface area contributed by atoms with E-state index in [-0.39, 0.29) is 5.02 Å². The Balaban J connectivity index is 1.40. The molecule has 5 rings (SSSR count). The summed E-state index contributed by atoms with van der Waals surface area (Å²) >= 11 is 5.99. The van der Waals surface area contributed by atoms with Crippen LogP contribution in [0.25, 0.3) is 22.0 Å². The number of piperidine rings is 1. The monoisotopic (exact) mass is 438 g/mol. The van der Waals surface area contributed by atoms with Gasteiger partial charge in [-0.1, -0.05) is 17.7 Å². The third-order valence-electron chi connectivity index (χ3n) is 6.65. The Labute approximate surface area is 187 Å². The van der Waals surface area contributed by atoms with E-state index in [1.807, 2.05) is 18.2 Å². The number of phenolic OH excluding ortho intramolecular Hbond substituents is 1. The van der Waals surface area contributed by atoms with Crippen LogP contribution in [0.3, 0.4) is 0 Å². The van der Waals surface area contributed by atoms with Crippen LogP contribution in [0.1, 0.15) is 25.7 Å². The van der Waals surface area contributed by atoms with Gasteiger partial charge in [0.25, 0.3) is 0 Å². The third-order valence-corrected chi connectivity index (χ3v) is 6.94. The largest absolute Gasteiger partial charge is 0.504 e. The van der Waals surface area contributed by atoms with Crippen LogP contribution in [0, 0.1) is 17.8 Å². The first-order valence-corrected chi connectivity index (χ1v) is 11.4. The molecule has 31 heavy (non-hydrogen) atoms. The highest BCUT2D eigenvalue weighted by atomic mass is 35.5. The molecule has 3 aromatic rings. The third kappa shape index (κ3) is 4.21. The Bertz CT molecular complexity index is 1070. The summed E-state index contributed by atoms with van der Waals surface area (Å²) in [5.41, 5.74) is 3.40. The standard InChI is InChI=1S/C25H26ClFN3O/c26-21-14-19(15-22(27)25(21)31)18-3-4-23-20(13-18)24(5-8-28-23)30-11-6-17(7-12-30)16-29-9-1-2-10-29/h3-4,8,13-15,17,31H,1-2,6-7,9-12,16H2. The Kier molecular flexibility index (Phi) is 5.72. The molecule has 0 spiro atoms. The van der Waals surface area contributed by atoms with Crippen molar-refractivity contribution < 1.29 is 9.50 Å². The fourth-order valence-corrected chi connectivity index (χ4v) is 5.13. The van der Waals surface area contributed by atoms with E-state index >= 15 is 0 Å². The van der Waals surface area contributed by atoms with Crippen LogP contribution in [0.2, 0.25) is 5.02 Å². The van der Waals surface area contributed by atoms with Crippen LogP contribution in [-0.4, -0.2) is 47.7 Å². The number of pyridine rings is 1. The lowest BCUT2D eigenvalue weighted by Gasteiger charge is -2.35. The second kappa shape index (κ2) is 8.64. The van der Waals surface area contributed by atoms with Crippen molar-refractivity contribution in [2.24, 2.45) is 5.92 Å². The lowest BCUT2D eigenvalue weighted by atomic mass is 9.95. The van der Waals surface area contributed by atoms with Crippen molar-refractivity contribution in [3.63, 3.8) is 0 Å². The Morgan fingerprint density at radius 1 is 1.06 bits per heavy atom. The summed E-state index contributed by atoms with van der Waals surface area (Å²) in [5, 5.41) is 10.7. The van der Waals surface area contributed by atoms with Crippen molar-refractivity contribution in [3.8, 4) is 16.9 Å². The number of likely N-dealkylation sites (tertiary alicyclic amines) is 1. The molecule has 0 saturated carbocycles. The van der Waals surface area contributed by atoms with Gasteiger partial charge in [0, 0.05) is 37.3 Å². The van der Waals surface area contributed by atoms with E-state index in [1.54, 1.807) is 12.3 Å². The fourth-order valence-electron chi connectivity index (χ4n) is 4.92. The van der Waals surface area contributed by atoms with E-state index < -0.39 is 11.6 Å². The van der Waals surface area contributed by atoms with Crippen molar-refractivity contribution in [2.75, 3.05) is 37.6 Å². The lowest BCUT2D eigenvalue weighted by Crippen LogP contribution is -2.38. The summed E-state index contributed by atoms with van der Waals surface area (Å²) in [7, 11) is 0. The molecule has 6 heteroatoms. The maximum atomic E-state index is 14.0. The van der Waals surface area contributed by atoms with Crippen LogP contribution >= 0.6 is 11.6 Å². The van der Waals surface area contributed by atoms with Crippen molar-refractivity contribution in [1.82, 2.24) is 9.88 Å². The minimum absolute atomic E-state index is 0.00754. The number of rotatable bonds is 4. The number of halogens is 2. The maximum Gasteiger partial charge on any atom is 0.170 e. The van der Waals surface area contributed by atoms with Gasteiger partial charge < -0.3 is 14.9 Å². The number of hydrogen-bond donors (Lipinski definition) is 1. The minimum atomic E-state index is -0.722. The van der Waals surface area contributed by atoms with E-state index in [9.17, 15) is 9.50 Å². The number of phenols is 1. The highest BCUT2D eigenvalue weighted by Crippen LogP contribution is 2.36. The zero-order valence-corrected chi connectivity index (χ0v) is 18.2. The normalized spacial score (nSPS) is 18.2. The summed E-state index contributed by atoms with van der Waals surface area (Å²) in [6, 6.07) is 12.1. The first-order valence-electron chi connectivity index (χ1n) is 11.0. The second-order valence-electron chi connectivity index (χ2n) is 8.71. The molecule has 0 bridgehead atoms. The van der Waals surface area contributed by atoms with Crippen molar-refractivity contribution in [3.05, 3.63) is 53.4 Å². The molecule has 2 aliphatic heterocycles. The van der Waals surface area contributed by atoms with Crippen LogP contribution in [0.4, 0.5) is 10.1 Å². The minimum Gasteiger partial charge on any atom is -0.504 e. The molecular weight excluding hydrogens is 413 g/mol. The zero-order chi connectivity index (χ0) is 21.4. The summed E-state index contributed by atoms with van der Waals surface area (Å²) in [6.45, 7) is 5.77. The van der Waals surface area contributed by atoms with E-state index in [0.717, 1.165) is 41.2 Å². The topological polar surface area (TPSA) is 39.6 Å². The Hall–Kier alpha value is -2.37. The highest BCUT2D eigenvalue weighted by molar-refractivity contribution is 6.32. The molecule has 2 saturated heterocycles. The molecule has 2 aromatic carbocycles. The van der Waals surface area contributed by atoms with Gasteiger partial charge in [0.2, 0.25) is 0 Å². The number of hydrogen-bond acceptors (Lipinski definition) is 4. The zero-order valence-electron chi connectivity index (χ0n) is 17.5. The molecule has 1 aromatic heterocycles. The first-order chi connectivity index (χ1) is 15.1. The SMILES string of the molecule is Oc1c(F)cc(-c2ccc3nc[c]c(N4CCC(CN5CCCC5)CC4)c3c2)cc1Cl. The molecule has 0 aliphatic carbocycles. The molecule has 0 atom stereocenters. The molecule has 4 nitrogen and oxygen atoms in total. The second-order valence-corrected chi connectivity index (χ2v) is 9.12. The van der Waals surface area contributed by atoms with Crippen LogP contribution < -0.4 is 4.90 Å². The number of anilines is 1. The smallest absolute Gasteiger partial charge is 0.170 e. The molecule has 3 heterocycles. The molecule has 161 valence electrons. The summed E-state index contributed by atoms with van der Waals surface area (Å²) in [5.74, 6) is -0.473. The number of fused-ring (bicyclic) bond motifs is 1. The predicted molar refractivity (Wildman–Crippen MR) is 123 cm³/mol. The number of nitrogens with zero attached hydrogens (tertiary/aromatic N) is 3. The molecule has 1 N–H and O–H groups in total. The van der Waals surface area contributed by atoms with Crippen molar-refractivity contribution in [1.29, 1.82) is 0 Å². The molecular formula is C25H26ClFN3O. The van der Waals surface area contributed by atoms with Gasteiger partial charge in [0.05, 0.1) is 16.2 Å². The number of benzene rings is 2. The van der Waals surface area contributed by atoms with Gasteiger partial charge in [-0.2, -0.15) is 0 Å². The molecule has 0 amide bonds. The quantitative estimate of drug-likeness (QED) is 0.582. The summed E-state index contributed by atoms with van der Waals surface area (Å²) in [6.07, 6.45) is 6.80. The average molecular weight is 439 g/mol. The van der Waals surface area contributed by atoms with Gasteiger partial charge in [0.1, 0.15) is 0 Å². The highest BCUT2D eigenvalue weighted by Gasteiger charge is 2.24. The van der Waals surface area contributed by atoms with Gasteiger partial charge in [0.15, 0.2) is 11.6 Å². The van der Waals surface area contributed by atoms with Crippen LogP contribution in [0.5, 0.6) is 5.75 Å². The van der Waals surface area contributed by atoms with Crippen LogP contribution in [-0.2, 0) is 0 Å². The van der Waals surface area contributed by atoms with E-state index in [4.69, 9.17) is 11.6 Å². The summed E-state index contributed by atoms with van der Waals surface area (Å²) in [4.78, 5) is 9.49. The van der Waals surface area contributed by atoms with Crippen molar-refractivity contribution >= 4 is 28.2 Å². The van der Waals surface area contributed by atoms with Gasteiger partial charge in [-0.3, -0.25) is 4.98 Å². The Morgan fingerprint density at radius 2 is 1.84 bits per heavy atom. The molecule has 1 radical (unpaired) electrons. The van der Waals surface area contributed by atoms with Crippen molar-refractivity contribution in [2.45, 2.75) is 25.7 Å². The van der Waals surface area contributed by atoms with Gasteiger partial charge in [-0.25, -0.2) is 4.39 Å². The summed E-state index contributed by atoms with van der Waals surface area (Å²) < 4.78 is 14.0. The van der Waals surface area contributed by atoms with E-state index in [0.29, 0.717) is 5.56 Å². The fraction of sp³-hybridized carbons (Fsp3) is 0.400. The van der Waals surface area contributed by atoms with Crippen LogP contribution in [0.15, 0.2) is 36.5 Å². The maximum absolute atomic E-state index is 14.0. The molecule has 2 aliphatic rings. The molecule has 2 fully saturated rings. The predicted octanol–water partition coefficient (Wildman–Crippen LogP) is 5.51. The lowest BCUT2D eigenvalue weighted by molar-refractivity contribution is 0.249.